The number of rotatable bonds is 8. The number of hydrogen-bond acceptors (Lipinski definition) is 5. The summed E-state index contributed by atoms with van der Waals surface area (Å²) in [6.07, 6.45) is 1.58. The van der Waals surface area contributed by atoms with Crippen LogP contribution in [0.25, 0.3) is 0 Å². The van der Waals surface area contributed by atoms with Gasteiger partial charge in [-0.05, 0) is 24.3 Å². The summed E-state index contributed by atoms with van der Waals surface area (Å²) in [7, 11) is 3.10. The third kappa shape index (κ3) is 5.94. The Morgan fingerprint density at radius 3 is 2.42 bits per heavy atom. The minimum atomic E-state index is -0.350. The van der Waals surface area contributed by atoms with Crippen molar-refractivity contribution in [3.05, 3.63) is 54.1 Å². The lowest BCUT2D eigenvalue weighted by atomic mass is 10.2. The number of amides is 2. The van der Waals surface area contributed by atoms with Gasteiger partial charge in [-0.1, -0.05) is 18.2 Å². The summed E-state index contributed by atoms with van der Waals surface area (Å²) < 4.78 is 10.4. The number of para-hydroxylation sites is 1. The van der Waals surface area contributed by atoms with Crippen LogP contribution in [0.3, 0.4) is 0 Å². The van der Waals surface area contributed by atoms with E-state index < -0.39 is 0 Å². The van der Waals surface area contributed by atoms with Gasteiger partial charge in [-0.15, -0.1) is 0 Å². The Morgan fingerprint density at radius 2 is 1.73 bits per heavy atom. The summed E-state index contributed by atoms with van der Waals surface area (Å²) >= 11 is 0. The molecule has 2 N–H and O–H groups in total. The quantitative estimate of drug-likeness (QED) is 0.563. The van der Waals surface area contributed by atoms with Crippen molar-refractivity contribution in [3.8, 4) is 11.5 Å². The number of anilines is 1. The number of carbonyl (C=O) groups excluding carboxylic acids is 2. The van der Waals surface area contributed by atoms with Crippen molar-refractivity contribution >= 4 is 23.7 Å². The standard InChI is InChI=1S/C19H21N3O4/c1-25-16-9-8-14(17(12-16)26-2)13-20-22-19(24)11-10-18(23)21-15-6-4-3-5-7-15/h3-9,12-13H,10-11H2,1-2H3,(H,21,23)(H,22,24). The van der Waals surface area contributed by atoms with Gasteiger partial charge in [0.1, 0.15) is 11.5 Å². The van der Waals surface area contributed by atoms with E-state index in [0.29, 0.717) is 22.7 Å². The minimum absolute atomic E-state index is 0.0375. The summed E-state index contributed by atoms with van der Waals surface area (Å²) in [6, 6.07) is 14.3. The molecule has 0 saturated heterocycles. The zero-order valence-electron chi connectivity index (χ0n) is 14.7. The molecule has 0 aromatic heterocycles. The van der Waals surface area contributed by atoms with E-state index in [1.165, 1.54) is 13.3 Å². The molecule has 0 heterocycles. The van der Waals surface area contributed by atoms with Crippen molar-refractivity contribution in [2.45, 2.75) is 12.8 Å². The second-order valence-electron chi connectivity index (χ2n) is 5.32. The first kappa shape index (κ1) is 19.0. The largest absolute Gasteiger partial charge is 0.497 e. The predicted molar refractivity (Wildman–Crippen MR) is 99.6 cm³/mol. The van der Waals surface area contributed by atoms with E-state index in [0.717, 1.165) is 0 Å². The lowest BCUT2D eigenvalue weighted by Gasteiger charge is -2.07. The molecule has 0 bridgehead atoms. The van der Waals surface area contributed by atoms with Crippen molar-refractivity contribution < 1.29 is 19.1 Å². The molecule has 0 fully saturated rings. The van der Waals surface area contributed by atoms with Crippen molar-refractivity contribution in [1.29, 1.82) is 0 Å². The monoisotopic (exact) mass is 355 g/mol. The number of hydrogen-bond donors (Lipinski definition) is 2. The van der Waals surface area contributed by atoms with Crippen LogP contribution in [0.15, 0.2) is 53.6 Å². The predicted octanol–water partition coefficient (Wildman–Crippen LogP) is 2.57. The maximum Gasteiger partial charge on any atom is 0.240 e. The first-order valence-corrected chi connectivity index (χ1v) is 8.01. The first-order valence-electron chi connectivity index (χ1n) is 8.01. The number of methoxy groups -OCH3 is 2. The fourth-order valence-corrected chi connectivity index (χ4v) is 2.13. The highest BCUT2D eigenvalue weighted by Gasteiger charge is 2.07. The van der Waals surface area contributed by atoms with Gasteiger partial charge in [-0.3, -0.25) is 9.59 Å². The smallest absolute Gasteiger partial charge is 0.240 e. The van der Waals surface area contributed by atoms with Crippen LogP contribution in [0.1, 0.15) is 18.4 Å². The number of nitrogens with zero attached hydrogens (tertiary/aromatic N) is 1. The molecule has 7 nitrogen and oxygen atoms in total. The van der Waals surface area contributed by atoms with Gasteiger partial charge in [0.05, 0.1) is 20.4 Å². The van der Waals surface area contributed by atoms with E-state index in [1.54, 1.807) is 37.4 Å². The Bertz CT molecular complexity index is 776. The van der Waals surface area contributed by atoms with Crippen molar-refractivity contribution in [3.63, 3.8) is 0 Å². The number of nitrogens with one attached hydrogen (secondary N) is 2. The van der Waals surface area contributed by atoms with E-state index >= 15 is 0 Å². The van der Waals surface area contributed by atoms with E-state index in [1.807, 2.05) is 18.2 Å². The first-order chi connectivity index (χ1) is 12.6. The van der Waals surface area contributed by atoms with Crippen LogP contribution in [0.4, 0.5) is 5.69 Å². The molecule has 2 amide bonds. The molecule has 0 saturated carbocycles. The molecule has 0 radical (unpaired) electrons. The average Bonchev–Trinajstić information content (AvgIpc) is 2.67. The van der Waals surface area contributed by atoms with Gasteiger partial charge >= 0.3 is 0 Å². The average molecular weight is 355 g/mol. The van der Waals surface area contributed by atoms with Gasteiger partial charge in [0, 0.05) is 30.2 Å². The van der Waals surface area contributed by atoms with Gasteiger partial charge < -0.3 is 14.8 Å². The van der Waals surface area contributed by atoms with E-state index in [-0.39, 0.29) is 24.7 Å². The summed E-state index contributed by atoms with van der Waals surface area (Å²) in [5.41, 5.74) is 3.78. The molecular weight excluding hydrogens is 334 g/mol. The summed E-state index contributed by atoms with van der Waals surface area (Å²) in [5, 5.41) is 6.61. The SMILES string of the molecule is COc1ccc(C=NNC(=O)CCC(=O)Nc2ccccc2)c(OC)c1. The van der Waals surface area contributed by atoms with Crippen LogP contribution < -0.4 is 20.2 Å². The number of ether oxygens (including phenoxy) is 2. The van der Waals surface area contributed by atoms with Crippen LogP contribution in [-0.4, -0.2) is 32.2 Å². The van der Waals surface area contributed by atoms with Crippen molar-refractivity contribution in [2.75, 3.05) is 19.5 Å². The Morgan fingerprint density at radius 1 is 1.00 bits per heavy atom. The molecule has 136 valence electrons. The summed E-state index contributed by atoms with van der Waals surface area (Å²) in [4.78, 5) is 23.6. The molecule has 7 heteroatoms. The van der Waals surface area contributed by atoms with E-state index in [4.69, 9.17) is 9.47 Å². The highest BCUT2D eigenvalue weighted by molar-refractivity contribution is 5.93. The van der Waals surface area contributed by atoms with Gasteiger partial charge in [-0.2, -0.15) is 5.10 Å². The molecule has 0 aliphatic rings. The topological polar surface area (TPSA) is 89.0 Å². The van der Waals surface area contributed by atoms with Gasteiger partial charge in [0.2, 0.25) is 11.8 Å². The summed E-state index contributed by atoms with van der Waals surface area (Å²) in [5.74, 6) is 0.654. The Labute approximate surface area is 152 Å². The normalized spacial score (nSPS) is 10.4. The van der Waals surface area contributed by atoms with E-state index in [2.05, 4.69) is 15.8 Å². The number of carbonyl (C=O) groups is 2. The van der Waals surface area contributed by atoms with Crippen LogP contribution in [0.5, 0.6) is 11.5 Å². The third-order valence-electron chi connectivity index (χ3n) is 3.47. The third-order valence-corrected chi connectivity index (χ3v) is 3.47. The highest BCUT2D eigenvalue weighted by atomic mass is 16.5. The summed E-state index contributed by atoms with van der Waals surface area (Å²) in [6.45, 7) is 0. The van der Waals surface area contributed by atoms with Crippen molar-refractivity contribution in [1.82, 2.24) is 5.43 Å². The Hall–Kier alpha value is -3.35. The van der Waals surface area contributed by atoms with Crippen LogP contribution in [0, 0.1) is 0 Å². The van der Waals surface area contributed by atoms with Gasteiger partial charge in [-0.25, -0.2) is 5.43 Å². The zero-order valence-corrected chi connectivity index (χ0v) is 14.7. The maximum absolute atomic E-state index is 11.8. The Kier molecular flexibility index (Phi) is 7.17. The fraction of sp³-hybridized carbons (Fsp3) is 0.211. The highest BCUT2D eigenvalue weighted by Crippen LogP contribution is 2.22. The maximum atomic E-state index is 11.8. The Balaban J connectivity index is 1.79. The molecule has 26 heavy (non-hydrogen) atoms. The molecule has 2 aromatic carbocycles. The molecule has 0 aliphatic carbocycles. The number of benzene rings is 2. The lowest BCUT2D eigenvalue weighted by Crippen LogP contribution is -2.20. The molecule has 2 aromatic rings. The molecule has 0 aliphatic heterocycles. The molecular formula is C19H21N3O4. The molecule has 0 spiro atoms. The van der Waals surface area contributed by atoms with E-state index in [9.17, 15) is 9.59 Å². The second-order valence-corrected chi connectivity index (χ2v) is 5.32. The number of hydrazone groups is 1. The second kappa shape index (κ2) is 9.83. The fourth-order valence-electron chi connectivity index (χ4n) is 2.13. The van der Waals surface area contributed by atoms with Crippen LogP contribution in [0.2, 0.25) is 0 Å². The van der Waals surface area contributed by atoms with Gasteiger partial charge in [0.25, 0.3) is 0 Å². The lowest BCUT2D eigenvalue weighted by molar-refractivity contribution is -0.124. The minimum Gasteiger partial charge on any atom is -0.497 e. The molecule has 2 rings (SSSR count). The molecule has 0 unspecified atom stereocenters. The van der Waals surface area contributed by atoms with Crippen LogP contribution in [-0.2, 0) is 9.59 Å². The van der Waals surface area contributed by atoms with Crippen molar-refractivity contribution in [2.24, 2.45) is 5.10 Å². The molecule has 0 atom stereocenters. The van der Waals surface area contributed by atoms with Gasteiger partial charge in [0.15, 0.2) is 0 Å². The zero-order chi connectivity index (χ0) is 18.8. The van der Waals surface area contributed by atoms with Crippen LogP contribution >= 0.6 is 0 Å².